The molecule has 5 unspecified atom stereocenters. The summed E-state index contributed by atoms with van der Waals surface area (Å²) >= 11 is 0. The maximum absolute atomic E-state index is 11.2. The molecule has 10 heteroatoms. The molecule has 1 saturated heterocycles. The number of primary amides is 2. The van der Waals surface area contributed by atoms with Gasteiger partial charge >= 0.3 is 0 Å². The van der Waals surface area contributed by atoms with Crippen LogP contribution in [0.2, 0.25) is 0 Å². The van der Waals surface area contributed by atoms with Gasteiger partial charge < -0.3 is 41.4 Å². The van der Waals surface area contributed by atoms with Crippen LogP contribution in [0.1, 0.15) is 0 Å². The van der Waals surface area contributed by atoms with Gasteiger partial charge in [0, 0.05) is 0 Å². The van der Waals surface area contributed by atoms with E-state index in [1.807, 2.05) is 0 Å². The second-order valence-electron chi connectivity index (χ2n) is 4.83. The summed E-state index contributed by atoms with van der Waals surface area (Å²) in [6.07, 6.45) is -5.87. The van der Waals surface area contributed by atoms with Crippen LogP contribution in [0.15, 0.2) is 0 Å². The lowest BCUT2D eigenvalue weighted by atomic mass is 9.88. The summed E-state index contributed by atoms with van der Waals surface area (Å²) < 4.78 is 9.93. The number of fused-ring (bicyclic) bond motifs is 1. The Hall–Kier alpha value is -1.30. The van der Waals surface area contributed by atoms with E-state index in [4.69, 9.17) is 26.0 Å². The smallest absolute Gasteiger partial charge is 0.249 e. The van der Waals surface area contributed by atoms with Crippen molar-refractivity contribution >= 4 is 11.8 Å². The van der Waals surface area contributed by atoms with Crippen LogP contribution in [0, 0.1) is 11.8 Å². The minimum absolute atomic E-state index is 0.724. The first-order valence-corrected chi connectivity index (χ1v) is 5.85. The average Bonchev–Trinajstić information content (AvgIpc) is 2.46. The molecule has 10 nitrogen and oxygen atoms in total. The van der Waals surface area contributed by atoms with E-state index in [1.54, 1.807) is 0 Å². The molecule has 1 saturated carbocycles. The maximum atomic E-state index is 11.2. The molecule has 1 heterocycles. The van der Waals surface area contributed by atoms with E-state index >= 15 is 0 Å². The molecule has 7 atom stereocenters. The second-order valence-corrected chi connectivity index (χ2v) is 4.83. The van der Waals surface area contributed by atoms with Crippen molar-refractivity contribution in [3.8, 4) is 0 Å². The number of hydrogen-bond acceptors (Lipinski definition) is 8. The van der Waals surface area contributed by atoms with Crippen molar-refractivity contribution in [2.24, 2.45) is 23.3 Å². The Labute approximate surface area is 112 Å². The van der Waals surface area contributed by atoms with Crippen molar-refractivity contribution in [1.82, 2.24) is 0 Å². The van der Waals surface area contributed by atoms with Gasteiger partial charge in [0.05, 0.1) is 24.7 Å². The summed E-state index contributed by atoms with van der Waals surface area (Å²) in [6.45, 7) is -0.724. The van der Waals surface area contributed by atoms with Crippen LogP contribution >= 0.6 is 0 Å². The standard InChI is InChI=1S/C10H16N2O8/c11-7(16)2(1-13)19-9-4-6(15)5(14)3(8(12)17)10(4,18)20-9/h2-6,9,13-15,18H,1H2,(H2,11,16)(H2,12,17)/t2?,3?,4?,5-,6?,9-,10?/m1/s1. The average molecular weight is 292 g/mol. The third-order valence-electron chi connectivity index (χ3n) is 3.67. The first-order valence-electron chi connectivity index (χ1n) is 5.85. The molecule has 20 heavy (non-hydrogen) atoms. The molecule has 0 radical (unpaired) electrons. The molecule has 1 aliphatic carbocycles. The summed E-state index contributed by atoms with van der Waals surface area (Å²) in [5.74, 6) is -6.90. The summed E-state index contributed by atoms with van der Waals surface area (Å²) in [5, 5.41) is 38.5. The fraction of sp³-hybridized carbons (Fsp3) is 0.800. The molecule has 2 rings (SSSR count). The van der Waals surface area contributed by atoms with Gasteiger partial charge in [-0.1, -0.05) is 0 Å². The van der Waals surface area contributed by atoms with Gasteiger partial charge in [-0.25, -0.2) is 0 Å². The van der Waals surface area contributed by atoms with Gasteiger partial charge in [-0.15, -0.1) is 0 Å². The minimum atomic E-state index is -2.17. The van der Waals surface area contributed by atoms with Crippen LogP contribution < -0.4 is 11.5 Å². The van der Waals surface area contributed by atoms with Crippen LogP contribution in [-0.4, -0.2) is 69.2 Å². The second kappa shape index (κ2) is 4.91. The molecule has 8 N–H and O–H groups in total. The Bertz CT molecular complexity index is 431. The van der Waals surface area contributed by atoms with Crippen molar-refractivity contribution in [3.63, 3.8) is 0 Å². The van der Waals surface area contributed by atoms with E-state index in [-0.39, 0.29) is 0 Å². The molecule has 2 fully saturated rings. The van der Waals surface area contributed by atoms with Crippen LogP contribution in [0.5, 0.6) is 0 Å². The third-order valence-corrected chi connectivity index (χ3v) is 3.67. The topological polar surface area (TPSA) is 186 Å². The molecule has 0 aromatic rings. The maximum Gasteiger partial charge on any atom is 0.249 e. The summed E-state index contributed by atoms with van der Waals surface area (Å²) in [7, 11) is 0. The predicted molar refractivity (Wildman–Crippen MR) is 59.2 cm³/mol. The molecule has 2 amide bonds. The summed E-state index contributed by atoms with van der Waals surface area (Å²) in [4.78, 5) is 22.1. The van der Waals surface area contributed by atoms with Gasteiger partial charge in [0.1, 0.15) is 5.92 Å². The zero-order chi connectivity index (χ0) is 15.2. The van der Waals surface area contributed by atoms with Gasteiger partial charge in [-0.2, -0.15) is 0 Å². The monoisotopic (exact) mass is 292 g/mol. The Morgan fingerprint density at radius 3 is 2.35 bits per heavy atom. The van der Waals surface area contributed by atoms with Crippen molar-refractivity contribution in [1.29, 1.82) is 0 Å². The number of hydrogen-bond donors (Lipinski definition) is 6. The Morgan fingerprint density at radius 2 is 1.90 bits per heavy atom. The highest BCUT2D eigenvalue weighted by atomic mass is 16.8. The number of amides is 2. The van der Waals surface area contributed by atoms with Crippen molar-refractivity contribution in [2.45, 2.75) is 30.4 Å². The molecule has 0 aromatic carbocycles. The molecular weight excluding hydrogens is 276 g/mol. The summed E-state index contributed by atoms with van der Waals surface area (Å²) in [6, 6.07) is 0. The van der Waals surface area contributed by atoms with Crippen LogP contribution in [0.4, 0.5) is 0 Å². The third kappa shape index (κ3) is 1.97. The van der Waals surface area contributed by atoms with Crippen LogP contribution in [-0.2, 0) is 19.1 Å². The number of carbonyl (C=O) groups is 2. The molecule has 0 aromatic heterocycles. The first kappa shape index (κ1) is 15.1. The molecule has 114 valence electrons. The number of aliphatic hydroxyl groups is 4. The molecular formula is C10H16N2O8. The molecule has 0 spiro atoms. The number of nitrogens with two attached hydrogens (primary N) is 2. The van der Waals surface area contributed by atoms with Gasteiger partial charge in [0.25, 0.3) is 0 Å². The Balaban J connectivity index is 2.14. The summed E-state index contributed by atoms with van der Waals surface area (Å²) in [5.41, 5.74) is 9.99. The van der Waals surface area contributed by atoms with Gasteiger partial charge in [-0.05, 0) is 0 Å². The molecule has 0 bridgehead atoms. The minimum Gasteiger partial charge on any atom is -0.393 e. The number of carbonyl (C=O) groups excluding carboxylic acids is 2. The van der Waals surface area contributed by atoms with E-state index in [0.717, 1.165) is 0 Å². The zero-order valence-corrected chi connectivity index (χ0v) is 10.2. The molecule has 2 aliphatic rings. The highest BCUT2D eigenvalue weighted by Gasteiger charge is 2.73. The quantitative estimate of drug-likeness (QED) is 0.292. The first-order chi connectivity index (χ1) is 9.24. The van der Waals surface area contributed by atoms with Crippen molar-refractivity contribution in [3.05, 3.63) is 0 Å². The SMILES string of the molecule is NC(=O)C(CO)O[C@@H]1OC2(O)C1C(O)[C@H](O)C2C(N)=O. The Morgan fingerprint density at radius 1 is 1.30 bits per heavy atom. The highest BCUT2D eigenvalue weighted by Crippen LogP contribution is 2.53. The fourth-order valence-electron chi connectivity index (χ4n) is 2.65. The van der Waals surface area contributed by atoms with Crippen LogP contribution in [0.25, 0.3) is 0 Å². The number of aliphatic hydroxyl groups excluding tert-OH is 3. The largest absolute Gasteiger partial charge is 0.393 e. The van der Waals surface area contributed by atoms with Gasteiger partial charge in [0.2, 0.25) is 11.8 Å². The Kier molecular flexibility index (Phi) is 3.71. The van der Waals surface area contributed by atoms with Crippen molar-refractivity contribution < 1.29 is 39.5 Å². The predicted octanol–water partition coefficient (Wildman–Crippen LogP) is -4.65. The van der Waals surface area contributed by atoms with Gasteiger partial charge in [0.15, 0.2) is 18.2 Å². The van der Waals surface area contributed by atoms with Gasteiger partial charge in [-0.3, -0.25) is 9.59 Å². The number of rotatable bonds is 5. The zero-order valence-electron chi connectivity index (χ0n) is 10.2. The van der Waals surface area contributed by atoms with Crippen LogP contribution in [0.3, 0.4) is 0 Å². The fourth-order valence-corrected chi connectivity index (χ4v) is 2.65. The lowest BCUT2D eigenvalue weighted by Crippen LogP contribution is -2.66. The lowest BCUT2D eigenvalue weighted by molar-refractivity contribution is -0.437. The molecule has 1 aliphatic heterocycles. The van der Waals surface area contributed by atoms with Crippen molar-refractivity contribution in [2.75, 3.05) is 6.61 Å². The number of ether oxygens (including phenoxy) is 2. The lowest BCUT2D eigenvalue weighted by Gasteiger charge is -2.49. The van der Waals surface area contributed by atoms with E-state index in [0.29, 0.717) is 0 Å². The van der Waals surface area contributed by atoms with E-state index in [2.05, 4.69) is 0 Å². The normalized spacial score (nSPS) is 44.5. The van der Waals surface area contributed by atoms with E-state index in [1.165, 1.54) is 0 Å². The van der Waals surface area contributed by atoms with E-state index in [9.17, 15) is 24.9 Å². The highest BCUT2D eigenvalue weighted by molar-refractivity contribution is 5.80. The van der Waals surface area contributed by atoms with E-state index < -0.39 is 60.6 Å².